The van der Waals surface area contributed by atoms with E-state index in [9.17, 15) is 5.26 Å². The van der Waals surface area contributed by atoms with Gasteiger partial charge in [0, 0.05) is 0 Å². The van der Waals surface area contributed by atoms with E-state index in [1.807, 2.05) is 62.4 Å². The summed E-state index contributed by atoms with van der Waals surface area (Å²) in [5.41, 5.74) is 3.71. The third kappa shape index (κ3) is 3.96. The summed E-state index contributed by atoms with van der Waals surface area (Å²) in [4.78, 5) is 0. The quantitative estimate of drug-likeness (QED) is 0.564. The van der Waals surface area contributed by atoms with Crippen LogP contribution in [0.3, 0.4) is 0 Å². The molecule has 0 aromatic heterocycles. The summed E-state index contributed by atoms with van der Waals surface area (Å²) in [5, 5.41) is 9.36. The van der Waals surface area contributed by atoms with Gasteiger partial charge in [0.05, 0.1) is 22.7 Å². The van der Waals surface area contributed by atoms with Gasteiger partial charge in [-0.05, 0) is 59.1 Å². The van der Waals surface area contributed by atoms with Crippen molar-refractivity contribution in [2.45, 2.75) is 13.8 Å². The molecule has 0 atom stereocenters. The van der Waals surface area contributed by atoms with E-state index in [1.54, 1.807) is 0 Å². The molecule has 0 aliphatic carbocycles. The van der Waals surface area contributed by atoms with Crippen molar-refractivity contribution in [2.75, 3.05) is 6.61 Å². The minimum atomic E-state index is 0.626. The number of nitriles is 1. The second-order valence-electron chi connectivity index (χ2n) is 4.66. The number of hydrogen-bond acceptors (Lipinski definition) is 2. The van der Waals surface area contributed by atoms with Crippen LogP contribution in [0.2, 0.25) is 0 Å². The van der Waals surface area contributed by atoms with Crippen LogP contribution < -0.4 is 4.74 Å². The van der Waals surface area contributed by atoms with Gasteiger partial charge in [-0.3, -0.25) is 0 Å². The predicted octanol–water partition coefficient (Wildman–Crippen LogP) is 5.22. The van der Waals surface area contributed by atoms with Crippen LogP contribution in [-0.4, -0.2) is 6.61 Å². The highest BCUT2D eigenvalue weighted by atomic mass is 79.9. The normalized spacial score (nSPS) is 11.0. The van der Waals surface area contributed by atoms with Crippen molar-refractivity contribution >= 4 is 27.6 Å². The summed E-state index contributed by atoms with van der Waals surface area (Å²) >= 11 is 3.49. The Bertz CT molecular complexity index is 696. The minimum absolute atomic E-state index is 0.626. The minimum Gasteiger partial charge on any atom is -0.493 e. The van der Waals surface area contributed by atoms with Crippen molar-refractivity contribution in [1.29, 1.82) is 5.26 Å². The van der Waals surface area contributed by atoms with E-state index >= 15 is 0 Å². The van der Waals surface area contributed by atoms with Gasteiger partial charge in [0.25, 0.3) is 0 Å². The van der Waals surface area contributed by atoms with Gasteiger partial charge in [0.2, 0.25) is 0 Å². The maximum Gasteiger partial charge on any atom is 0.133 e. The van der Waals surface area contributed by atoms with Gasteiger partial charge in [0.15, 0.2) is 0 Å². The van der Waals surface area contributed by atoms with Crippen LogP contribution >= 0.6 is 15.9 Å². The van der Waals surface area contributed by atoms with Gasteiger partial charge in [-0.1, -0.05) is 35.9 Å². The molecule has 106 valence electrons. The smallest absolute Gasteiger partial charge is 0.133 e. The van der Waals surface area contributed by atoms with Crippen molar-refractivity contribution in [1.82, 2.24) is 0 Å². The van der Waals surface area contributed by atoms with E-state index in [-0.39, 0.29) is 0 Å². The first-order chi connectivity index (χ1) is 10.1. The molecule has 0 spiro atoms. The Labute approximate surface area is 133 Å². The maximum atomic E-state index is 9.36. The summed E-state index contributed by atoms with van der Waals surface area (Å²) in [6.45, 7) is 4.61. The molecule has 0 aliphatic heterocycles. The zero-order chi connectivity index (χ0) is 15.2. The number of halogens is 1. The molecule has 2 aromatic rings. The molecule has 3 heteroatoms. The van der Waals surface area contributed by atoms with Crippen LogP contribution in [0.1, 0.15) is 23.6 Å². The van der Waals surface area contributed by atoms with Gasteiger partial charge in [-0.15, -0.1) is 0 Å². The van der Waals surface area contributed by atoms with Crippen molar-refractivity contribution < 1.29 is 4.74 Å². The molecule has 0 bridgehead atoms. The average molecular weight is 342 g/mol. The number of benzene rings is 2. The van der Waals surface area contributed by atoms with E-state index in [1.165, 1.54) is 5.56 Å². The molecule has 0 N–H and O–H groups in total. The van der Waals surface area contributed by atoms with E-state index in [0.29, 0.717) is 12.2 Å². The number of aryl methyl sites for hydroxylation is 1. The van der Waals surface area contributed by atoms with Crippen LogP contribution in [0.25, 0.3) is 11.6 Å². The number of ether oxygens (including phenoxy) is 1. The Morgan fingerprint density at radius 2 is 1.95 bits per heavy atom. The standard InChI is InChI=1S/C18H16BrNO/c1-3-21-18-9-6-14(11-17(18)19)10-16(12-20)15-7-4-13(2)5-8-15/h4-11H,3H2,1-2H3/b16-10+. The third-order valence-corrected chi connectivity index (χ3v) is 3.67. The molecular weight excluding hydrogens is 326 g/mol. The Morgan fingerprint density at radius 1 is 1.24 bits per heavy atom. The molecule has 0 fully saturated rings. The van der Waals surface area contributed by atoms with Crippen LogP contribution in [-0.2, 0) is 0 Å². The fourth-order valence-electron chi connectivity index (χ4n) is 1.96. The van der Waals surface area contributed by atoms with Crippen molar-refractivity contribution in [3.05, 3.63) is 63.6 Å². The topological polar surface area (TPSA) is 33.0 Å². The summed E-state index contributed by atoms with van der Waals surface area (Å²) in [6, 6.07) is 16.0. The van der Waals surface area contributed by atoms with Gasteiger partial charge in [-0.25, -0.2) is 0 Å². The maximum absolute atomic E-state index is 9.36. The lowest BCUT2D eigenvalue weighted by atomic mass is 10.0. The molecule has 2 rings (SSSR count). The van der Waals surface area contributed by atoms with Gasteiger partial charge < -0.3 is 4.74 Å². The van der Waals surface area contributed by atoms with Crippen LogP contribution in [0.4, 0.5) is 0 Å². The Balaban J connectivity index is 2.34. The summed E-state index contributed by atoms with van der Waals surface area (Å²) in [7, 11) is 0. The largest absolute Gasteiger partial charge is 0.493 e. The van der Waals surface area contributed by atoms with Gasteiger partial charge in [-0.2, -0.15) is 5.26 Å². The summed E-state index contributed by atoms with van der Waals surface area (Å²) in [6.07, 6.45) is 1.88. The molecule has 0 amide bonds. The lowest BCUT2D eigenvalue weighted by Gasteiger charge is -2.06. The van der Waals surface area contributed by atoms with Crippen molar-refractivity contribution in [3.8, 4) is 11.8 Å². The average Bonchev–Trinajstić information content (AvgIpc) is 2.48. The lowest BCUT2D eigenvalue weighted by Crippen LogP contribution is -1.92. The predicted molar refractivity (Wildman–Crippen MR) is 90.0 cm³/mol. The molecule has 0 radical (unpaired) electrons. The monoisotopic (exact) mass is 341 g/mol. The number of nitrogens with zero attached hydrogens (tertiary/aromatic N) is 1. The molecule has 0 saturated heterocycles. The second-order valence-corrected chi connectivity index (χ2v) is 5.51. The highest BCUT2D eigenvalue weighted by Gasteiger charge is 2.04. The molecule has 0 unspecified atom stereocenters. The van der Waals surface area contributed by atoms with E-state index in [0.717, 1.165) is 21.3 Å². The van der Waals surface area contributed by atoms with Crippen molar-refractivity contribution in [3.63, 3.8) is 0 Å². The zero-order valence-corrected chi connectivity index (χ0v) is 13.6. The molecule has 0 saturated carbocycles. The lowest BCUT2D eigenvalue weighted by molar-refractivity contribution is 0.338. The van der Waals surface area contributed by atoms with Crippen LogP contribution in [0.5, 0.6) is 5.75 Å². The Kier molecular flexibility index (Phi) is 5.19. The summed E-state index contributed by atoms with van der Waals surface area (Å²) in [5.74, 6) is 0.809. The molecule has 2 aromatic carbocycles. The zero-order valence-electron chi connectivity index (χ0n) is 12.1. The first kappa shape index (κ1) is 15.3. The fraction of sp³-hybridized carbons (Fsp3) is 0.167. The number of allylic oxidation sites excluding steroid dienone is 1. The fourth-order valence-corrected chi connectivity index (χ4v) is 2.47. The van der Waals surface area contributed by atoms with E-state index < -0.39 is 0 Å². The number of rotatable bonds is 4. The Morgan fingerprint density at radius 3 is 2.52 bits per heavy atom. The highest BCUT2D eigenvalue weighted by molar-refractivity contribution is 9.10. The molecule has 21 heavy (non-hydrogen) atoms. The Hall–Kier alpha value is -2.05. The van der Waals surface area contributed by atoms with Gasteiger partial charge in [0.1, 0.15) is 5.75 Å². The van der Waals surface area contributed by atoms with Crippen molar-refractivity contribution in [2.24, 2.45) is 0 Å². The first-order valence-electron chi connectivity index (χ1n) is 6.75. The van der Waals surface area contributed by atoms with Crippen LogP contribution in [0.15, 0.2) is 46.9 Å². The molecular formula is C18H16BrNO. The van der Waals surface area contributed by atoms with Gasteiger partial charge >= 0.3 is 0 Å². The summed E-state index contributed by atoms with van der Waals surface area (Å²) < 4.78 is 6.38. The third-order valence-electron chi connectivity index (χ3n) is 3.05. The molecule has 0 heterocycles. The molecule has 0 aliphatic rings. The van der Waals surface area contributed by atoms with E-state index in [4.69, 9.17) is 4.74 Å². The molecule has 2 nitrogen and oxygen atoms in total. The number of hydrogen-bond donors (Lipinski definition) is 0. The highest BCUT2D eigenvalue weighted by Crippen LogP contribution is 2.28. The van der Waals surface area contributed by atoms with Crippen LogP contribution in [0, 0.1) is 18.3 Å². The van der Waals surface area contributed by atoms with E-state index in [2.05, 4.69) is 22.0 Å². The second kappa shape index (κ2) is 7.10. The SMILES string of the molecule is CCOc1ccc(/C=C(\C#N)c2ccc(C)cc2)cc1Br. The first-order valence-corrected chi connectivity index (χ1v) is 7.54.